The van der Waals surface area contributed by atoms with E-state index in [1.165, 1.54) is 32.1 Å². The van der Waals surface area contributed by atoms with Crippen LogP contribution in [-0.4, -0.2) is 11.7 Å². The zero-order chi connectivity index (χ0) is 12.9. The zero-order valence-electron chi connectivity index (χ0n) is 11.4. The molecule has 0 spiro atoms. The number of nitrogens with zero attached hydrogens (tertiary/aromatic N) is 1. The van der Waals surface area contributed by atoms with Gasteiger partial charge in [0.15, 0.2) is 0 Å². The summed E-state index contributed by atoms with van der Waals surface area (Å²) in [6.07, 6.45) is 7.88. The van der Waals surface area contributed by atoms with Crippen LogP contribution in [0.1, 0.15) is 59.3 Å². The Morgan fingerprint density at radius 2 is 1.82 bits per heavy atom. The number of nitrogens with one attached hydrogen (secondary N) is 1. The molecule has 0 aromatic rings. The van der Waals surface area contributed by atoms with Crippen molar-refractivity contribution in [3.8, 4) is 0 Å². The van der Waals surface area contributed by atoms with Crippen LogP contribution in [0.2, 0.25) is 0 Å². The van der Waals surface area contributed by atoms with E-state index in [9.17, 15) is 0 Å². The quantitative estimate of drug-likeness (QED) is 0.384. The van der Waals surface area contributed by atoms with Gasteiger partial charge in [-0.2, -0.15) is 5.10 Å². The molecule has 5 N–H and O–H groups in total. The van der Waals surface area contributed by atoms with Crippen LogP contribution < -0.4 is 16.6 Å². The van der Waals surface area contributed by atoms with E-state index in [0.29, 0.717) is 5.41 Å². The van der Waals surface area contributed by atoms with E-state index in [-0.39, 0.29) is 5.96 Å². The maximum Gasteiger partial charge on any atom is 0.362 e. The van der Waals surface area contributed by atoms with Crippen LogP contribution in [0.15, 0.2) is 5.10 Å². The van der Waals surface area contributed by atoms with Gasteiger partial charge in [0.05, 0.1) is 5.71 Å². The highest BCUT2D eigenvalue weighted by Crippen LogP contribution is 2.40. The number of rotatable bonds is 4. The van der Waals surface area contributed by atoms with Crippen molar-refractivity contribution in [2.75, 3.05) is 0 Å². The molecule has 0 unspecified atom stereocenters. The van der Waals surface area contributed by atoms with Gasteiger partial charge in [0.2, 0.25) is 0 Å². The molecule has 0 aromatic heterocycles. The van der Waals surface area contributed by atoms with E-state index in [0.717, 1.165) is 18.1 Å². The molecule has 1 rings (SSSR count). The first kappa shape index (κ1) is 14.0. The topological polar surface area (TPSA) is 78.4 Å². The molecule has 1 aliphatic rings. The first-order valence-corrected chi connectivity index (χ1v) is 6.59. The molecule has 1 aliphatic carbocycles. The highest BCUT2D eigenvalue weighted by molar-refractivity contribution is 5.82. The molecule has 4 heteroatoms. The van der Waals surface area contributed by atoms with Crippen LogP contribution >= 0.6 is 0 Å². The molecule has 0 bridgehead atoms. The molecule has 0 radical (unpaired) electrons. The number of guanidine groups is 1. The second kappa shape index (κ2) is 6.03. The fourth-order valence-corrected chi connectivity index (χ4v) is 2.89. The predicted octanol–water partition coefficient (Wildman–Crippen LogP) is 0.713. The molecule has 4 nitrogen and oxygen atoms in total. The van der Waals surface area contributed by atoms with Gasteiger partial charge in [-0.3, -0.25) is 11.5 Å². The van der Waals surface area contributed by atoms with E-state index in [4.69, 9.17) is 11.5 Å². The van der Waals surface area contributed by atoms with Gasteiger partial charge >= 0.3 is 5.96 Å². The van der Waals surface area contributed by atoms with E-state index in [1.54, 1.807) is 0 Å². The molecule has 0 saturated heterocycles. The average molecular weight is 239 g/mol. The maximum atomic E-state index is 5.32. The third-order valence-corrected chi connectivity index (χ3v) is 3.80. The fraction of sp³-hybridized carbons (Fsp3) is 0.846. The summed E-state index contributed by atoms with van der Waals surface area (Å²) >= 11 is 0. The molecule has 17 heavy (non-hydrogen) atoms. The van der Waals surface area contributed by atoms with Crippen LogP contribution in [0.5, 0.6) is 0 Å². The summed E-state index contributed by atoms with van der Waals surface area (Å²) in [4.78, 5) is 0. The summed E-state index contributed by atoms with van der Waals surface area (Å²) < 4.78 is 0. The summed E-state index contributed by atoms with van der Waals surface area (Å²) in [5.74, 6) is 0.973. The van der Waals surface area contributed by atoms with Crippen molar-refractivity contribution >= 4 is 11.7 Å². The van der Waals surface area contributed by atoms with Crippen LogP contribution in [0, 0.1) is 11.3 Å². The van der Waals surface area contributed by atoms with E-state index >= 15 is 0 Å². The van der Waals surface area contributed by atoms with Gasteiger partial charge in [0.1, 0.15) is 0 Å². The van der Waals surface area contributed by atoms with Gasteiger partial charge in [0, 0.05) is 0 Å². The molecular weight excluding hydrogens is 212 g/mol. The highest BCUT2D eigenvalue weighted by atomic mass is 15.3. The summed E-state index contributed by atoms with van der Waals surface area (Å²) in [5, 5.41) is 6.81. The molecule has 0 atom stereocenters. The second-order valence-corrected chi connectivity index (χ2v) is 5.91. The Morgan fingerprint density at radius 1 is 1.24 bits per heavy atom. The van der Waals surface area contributed by atoms with Gasteiger partial charge in [0.25, 0.3) is 0 Å². The smallest absolute Gasteiger partial charge is 0.289 e. The lowest BCUT2D eigenvalue weighted by Crippen LogP contribution is -2.72. The van der Waals surface area contributed by atoms with E-state index in [1.807, 2.05) is 6.92 Å². The van der Waals surface area contributed by atoms with Gasteiger partial charge in [-0.1, -0.05) is 33.1 Å². The molecule has 0 amide bonds. The number of nitrogens with two attached hydrogens (primary N) is 2. The van der Waals surface area contributed by atoms with E-state index in [2.05, 4.69) is 24.1 Å². The van der Waals surface area contributed by atoms with Crippen molar-refractivity contribution in [1.82, 2.24) is 0 Å². The highest BCUT2D eigenvalue weighted by Gasteiger charge is 2.31. The van der Waals surface area contributed by atoms with Crippen LogP contribution in [0.4, 0.5) is 0 Å². The van der Waals surface area contributed by atoms with Gasteiger partial charge in [-0.25, -0.2) is 0 Å². The Kier molecular flexibility index (Phi) is 4.97. The summed E-state index contributed by atoms with van der Waals surface area (Å²) in [6.45, 7) is 6.72. The number of hydrogen-bond donors (Lipinski definition) is 3. The third-order valence-electron chi connectivity index (χ3n) is 3.80. The molecule has 0 aromatic carbocycles. The minimum absolute atomic E-state index is 0.153. The predicted molar refractivity (Wildman–Crippen MR) is 72.4 cm³/mol. The van der Waals surface area contributed by atoms with Gasteiger partial charge in [-0.05, 0) is 37.5 Å². The molecule has 98 valence electrons. The Balaban J connectivity index is 2.58. The maximum absolute atomic E-state index is 5.32. The SMILES string of the molecule is C/C(CC(C)(C)C1CCCCC1)=N\[NH+]=C(N)N. The van der Waals surface area contributed by atoms with Gasteiger partial charge in [-0.15, -0.1) is 5.10 Å². The molecule has 0 heterocycles. The van der Waals surface area contributed by atoms with E-state index < -0.39 is 0 Å². The fourth-order valence-electron chi connectivity index (χ4n) is 2.89. The second-order valence-electron chi connectivity index (χ2n) is 5.91. The minimum atomic E-state index is 0.153. The normalized spacial score (nSPS) is 19.1. The lowest BCUT2D eigenvalue weighted by atomic mass is 9.69. The standard InChI is InChI=1S/C13H26N4/c1-10(16-17-12(14)15)9-13(2,3)11-7-5-4-6-8-11/h11H,4-9H2,1-3H3,(H4,14,15,17)/p+1/b16-10+. The molecule has 0 aliphatic heterocycles. The Labute approximate surface area is 105 Å². The Morgan fingerprint density at radius 3 is 2.35 bits per heavy atom. The molecule has 1 fully saturated rings. The Bertz CT molecular complexity index is 295. The van der Waals surface area contributed by atoms with Crippen molar-refractivity contribution < 1.29 is 5.10 Å². The zero-order valence-corrected chi connectivity index (χ0v) is 11.4. The van der Waals surface area contributed by atoms with Crippen molar-refractivity contribution in [2.45, 2.75) is 59.3 Å². The minimum Gasteiger partial charge on any atom is -0.289 e. The first-order chi connectivity index (χ1) is 7.92. The lowest BCUT2D eigenvalue weighted by Gasteiger charge is -2.37. The number of hydrazone groups is 1. The largest absolute Gasteiger partial charge is 0.362 e. The van der Waals surface area contributed by atoms with Gasteiger partial charge < -0.3 is 0 Å². The molecule has 1 saturated carbocycles. The first-order valence-electron chi connectivity index (χ1n) is 6.59. The van der Waals surface area contributed by atoms with Crippen LogP contribution in [-0.2, 0) is 0 Å². The van der Waals surface area contributed by atoms with Crippen molar-refractivity contribution in [3.63, 3.8) is 0 Å². The monoisotopic (exact) mass is 239 g/mol. The number of hydrogen-bond acceptors (Lipinski definition) is 1. The van der Waals surface area contributed by atoms with Crippen LogP contribution in [0.3, 0.4) is 0 Å². The average Bonchev–Trinajstić information content (AvgIpc) is 2.27. The van der Waals surface area contributed by atoms with Crippen LogP contribution in [0.25, 0.3) is 0 Å². The summed E-state index contributed by atoms with van der Waals surface area (Å²) in [6, 6.07) is 0. The van der Waals surface area contributed by atoms with Crippen molar-refractivity contribution in [2.24, 2.45) is 27.9 Å². The lowest BCUT2D eigenvalue weighted by molar-refractivity contribution is -0.464. The summed E-state index contributed by atoms with van der Waals surface area (Å²) in [5.41, 5.74) is 12.0. The Hall–Kier alpha value is -1.06. The van der Waals surface area contributed by atoms with Crippen molar-refractivity contribution in [3.05, 3.63) is 0 Å². The third kappa shape index (κ3) is 4.75. The molecular formula is C13H27N4+. The van der Waals surface area contributed by atoms with Crippen molar-refractivity contribution in [1.29, 1.82) is 0 Å². The summed E-state index contributed by atoms with van der Waals surface area (Å²) in [7, 11) is 0.